The maximum absolute atomic E-state index is 12.3. The molecule has 1 fully saturated rings. The van der Waals surface area contributed by atoms with Gasteiger partial charge in [-0.25, -0.2) is 0 Å². The Morgan fingerprint density at radius 1 is 1.39 bits per heavy atom. The van der Waals surface area contributed by atoms with Gasteiger partial charge in [0.05, 0.1) is 11.6 Å². The Bertz CT molecular complexity index is 526. The molecule has 0 aromatic heterocycles. The predicted molar refractivity (Wildman–Crippen MR) is 97.0 cm³/mol. The molecule has 1 heterocycles. The summed E-state index contributed by atoms with van der Waals surface area (Å²) in [6.07, 6.45) is 2.33. The van der Waals surface area contributed by atoms with Gasteiger partial charge >= 0.3 is 0 Å². The van der Waals surface area contributed by atoms with E-state index in [0.29, 0.717) is 11.5 Å². The third-order valence-electron chi connectivity index (χ3n) is 4.30. The summed E-state index contributed by atoms with van der Waals surface area (Å²) in [5.74, 6) is 2.03. The minimum atomic E-state index is -0.0158. The van der Waals surface area contributed by atoms with E-state index in [4.69, 9.17) is 4.74 Å². The monoisotopic (exact) mass is 382 g/mol. The number of hydrogen-bond acceptors (Lipinski definition) is 3. The van der Waals surface area contributed by atoms with Gasteiger partial charge in [0, 0.05) is 18.7 Å². The number of rotatable bonds is 6. The average molecular weight is 383 g/mol. The van der Waals surface area contributed by atoms with Crippen LogP contribution in [-0.2, 0) is 0 Å². The molecule has 128 valence electrons. The molecular formula is C18H27BrN2O2. The number of piperidine rings is 1. The Labute approximate surface area is 147 Å². The molecule has 23 heavy (non-hydrogen) atoms. The number of amides is 1. The van der Waals surface area contributed by atoms with E-state index >= 15 is 0 Å². The molecule has 0 atom stereocenters. The van der Waals surface area contributed by atoms with E-state index in [1.807, 2.05) is 6.07 Å². The van der Waals surface area contributed by atoms with Crippen molar-refractivity contribution in [2.45, 2.75) is 26.7 Å². The summed E-state index contributed by atoms with van der Waals surface area (Å²) >= 11 is 3.42. The lowest BCUT2D eigenvalue weighted by molar-refractivity contribution is 0.0934. The number of nitrogens with one attached hydrogen (secondary N) is 1. The van der Waals surface area contributed by atoms with Crippen LogP contribution in [0.3, 0.4) is 0 Å². The van der Waals surface area contributed by atoms with Crippen LogP contribution in [0.2, 0.25) is 0 Å². The van der Waals surface area contributed by atoms with E-state index < -0.39 is 0 Å². The maximum atomic E-state index is 12.3. The molecule has 1 aliphatic heterocycles. The van der Waals surface area contributed by atoms with Crippen molar-refractivity contribution < 1.29 is 9.53 Å². The molecule has 5 heteroatoms. The normalized spacial score (nSPS) is 16.6. The van der Waals surface area contributed by atoms with Crippen molar-refractivity contribution in [2.24, 2.45) is 11.8 Å². The van der Waals surface area contributed by atoms with E-state index in [1.165, 1.54) is 19.4 Å². The fraction of sp³-hybridized carbons (Fsp3) is 0.611. The largest absolute Gasteiger partial charge is 0.496 e. The summed E-state index contributed by atoms with van der Waals surface area (Å²) in [4.78, 5) is 14.8. The topological polar surface area (TPSA) is 41.6 Å². The maximum Gasteiger partial charge on any atom is 0.251 e. The average Bonchev–Trinajstić information content (AvgIpc) is 2.53. The number of benzene rings is 1. The van der Waals surface area contributed by atoms with Gasteiger partial charge in [0.15, 0.2) is 0 Å². The number of ether oxygens (including phenoxy) is 1. The first kappa shape index (κ1) is 18.3. The lowest BCUT2D eigenvalue weighted by Gasteiger charge is -2.33. The van der Waals surface area contributed by atoms with Crippen molar-refractivity contribution in [2.75, 3.05) is 33.3 Å². The van der Waals surface area contributed by atoms with Crippen LogP contribution in [0.4, 0.5) is 0 Å². The zero-order valence-corrected chi connectivity index (χ0v) is 15.9. The summed E-state index contributed by atoms with van der Waals surface area (Å²) in [7, 11) is 1.62. The van der Waals surface area contributed by atoms with Gasteiger partial charge in [-0.3, -0.25) is 4.79 Å². The van der Waals surface area contributed by atoms with Gasteiger partial charge in [-0.15, -0.1) is 0 Å². The zero-order valence-electron chi connectivity index (χ0n) is 14.3. The van der Waals surface area contributed by atoms with Gasteiger partial charge < -0.3 is 15.0 Å². The second-order valence-electron chi connectivity index (χ2n) is 6.70. The smallest absolute Gasteiger partial charge is 0.251 e. The minimum Gasteiger partial charge on any atom is -0.496 e. The summed E-state index contributed by atoms with van der Waals surface area (Å²) < 4.78 is 5.99. The van der Waals surface area contributed by atoms with E-state index in [-0.39, 0.29) is 5.91 Å². The van der Waals surface area contributed by atoms with Crippen LogP contribution in [0.1, 0.15) is 37.0 Å². The quantitative estimate of drug-likeness (QED) is 0.817. The Hall–Kier alpha value is -1.07. The number of carbonyl (C=O) groups excluding carboxylic acids is 1. The van der Waals surface area contributed by atoms with Crippen LogP contribution >= 0.6 is 15.9 Å². The lowest BCUT2D eigenvalue weighted by Crippen LogP contribution is -2.40. The van der Waals surface area contributed by atoms with Gasteiger partial charge in [0.25, 0.3) is 5.91 Å². The second kappa shape index (κ2) is 8.69. The Morgan fingerprint density at radius 2 is 2.09 bits per heavy atom. The molecule has 0 spiro atoms. The number of nitrogens with zero attached hydrogens (tertiary/aromatic N) is 1. The number of methoxy groups -OCH3 is 1. The van der Waals surface area contributed by atoms with E-state index in [0.717, 1.165) is 35.8 Å². The highest BCUT2D eigenvalue weighted by atomic mass is 79.9. The molecule has 1 saturated heterocycles. The summed E-state index contributed by atoms with van der Waals surface area (Å²) in [5, 5.41) is 3.07. The first-order valence-corrected chi connectivity index (χ1v) is 9.13. The van der Waals surface area contributed by atoms with Gasteiger partial charge in [-0.05, 0) is 71.9 Å². The van der Waals surface area contributed by atoms with Crippen LogP contribution in [0.5, 0.6) is 5.75 Å². The summed E-state index contributed by atoms with van der Waals surface area (Å²) in [6, 6.07) is 5.41. The molecule has 0 unspecified atom stereocenters. The summed E-state index contributed by atoms with van der Waals surface area (Å²) in [6.45, 7) is 8.76. The highest BCUT2D eigenvalue weighted by Gasteiger charge is 2.20. The molecule has 1 N–H and O–H groups in total. The van der Waals surface area contributed by atoms with Crippen molar-refractivity contribution >= 4 is 21.8 Å². The Morgan fingerprint density at radius 3 is 2.65 bits per heavy atom. The van der Waals surface area contributed by atoms with Crippen LogP contribution in [0.25, 0.3) is 0 Å². The van der Waals surface area contributed by atoms with Crippen molar-refractivity contribution in [3.8, 4) is 5.75 Å². The molecule has 0 saturated carbocycles. The standard InChI is InChI=1S/C18H27BrN2O2/c1-13(2)12-21-8-6-14(7-9-21)11-20-18(22)15-4-5-17(23-3)16(19)10-15/h4-5,10,13-14H,6-9,11-12H2,1-3H3,(H,20,22). The lowest BCUT2D eigenvalue weighted by atomic mass is 9.96. The van der Waals surface area contributed by atoms with E-state index in [1.54, 1.807) is 19.2 Å². The number of likely N-dealkylation sites (tertiary alicyclic amines) is 1. The number of hydrogen-bond donors (Lipinski definition) is 1. The Balaban J connectivity index is 1.78. The van der Waals surface area contributed by atoms with Gasteiger partial charge in [0.1, 0.15) is 5.75 Å². The molecule has 1 amide bonds. The van der Waals surface area contributed by atoms with Gasteiger partial charge in [0.2, 0.25) is 0 Å². The first-order valence-electron chi connectivity index (χ1n) is 8.33. The molecule has 1 aromatic rings. The summed E-state index contributed by atoms with van der Waals surface area (Å²) in [5.41, 5.74) is 0.662. The van der Waals surface area contributed by atoms with Crippen molar-refractivity contribution in [3.63, 3.8) is 0 Å². The van der Waals surface area contributed by atoms with Crippen molar-refractivity contribution in [1.82, 2.24) is 10.2 Å². The molecule has 1 aliphatic rings. The first-order chi connectivity index (χ1) is 11.0. The van der Waals surface area contributed by atoms with Crippen LogP contribution in [-0.4, -0.2) is 44.1 Å². The predicted octanol–water partition coefficient (Wildman–Crippen LogP) is 3.56. The highest BCUT2D eigenvalue weighted by Crippen LogP contribution is 2.25. The fourth-order valence-electron chi connectivity index (χ4n) is 3.04. The second-order valence-corrected chi connectivity index (χ2v) is 7.55. The third kappa shape index (κ3) is 5.50. The van der Waals surface area contributed by atoms with E-state index in [2.05, 4.69) is 40.0 Å². The van der Waals surface area contributed by atoms with Crippen LogP contribution < -0.4 is 10.1 Å². The van der Waals surface area contributed by atoms with Crippen LogP contribution in [0.15, 0.2) is 22.7 Å². The highest BCUT2D eigenvalue weighted by molar-refractivity contribution is 9.10. The third-order valence-corrected chi connectivity index (χ3v) is 4.92. The van der Waals surface area contributed by atoms with Crippen molar-refractivity contribution in [3.05, 3.63) is 28.2 Å². The molecule has 0 radical (unpaired) electrons. The molecule has 0 bridgehead atoms. The molecule has 0 aliphatic carbocycles. The molecule has 4 nitrogen and oxygen atoms in total. The molecule has 1 aromatic carbocycles. The van der Waals surface area contributed by atoms with Crippen LogP contribution in [0, 0.1) is 11.8 Å². The number of halogens is 1. The minimum absolute atomic E-state index is 0.0158. The fourth-order valence-corrected chi connectivity index (χ4v) is 3.58. The Kier molecular flexibility index (Phi) is 6.90. The molecule has 2 rings (SSSR count). The SMILES string of the molecule is COc1ccc(C(=O)NCC2CCN(CC(C)C)CC2)cc1Br. The number of carbonyl (C=O) groups is 1. The zero-order chi connectivity index (χ0) is 16.8. The van der Waals surface area contributed by atoms with Gasteiger partial charge in [-0.1, -0.05) is 13.8 Å². The van der Waals surface area contributed by atoms with E-state index in [9.17, 15) is 4.79 Å². The van der Waals surface area contributed by atoms with Gasteiger partial charge in [-0.2, -0.15) is 0 Å². The van der Waals surface area contributed by atoms with Crippen molar-refractivity contribution in [1.29, 1.82) is 0 Å². The molecular weight excluding hydrogens is 356 g/mol.